The van der Waals surface area contributed by atoms with E-state index in [0.29, 0.717) is 12.2 Å². The van der Waals surface area contributed by atoms with E-state index in [2.05, 4.69) is 22.5 Å². The molecule has 7 heteroatoms. The van der Waals surface area contributed by atoms with Crippen LogP contribution in [0.5, 0.6) is 0 Å². The lowest BCUT2D eigenvalue weighted by Gasteiger charge is -2.16. The minimum absolute atomic E-state index is 0.0245. The Morgan fingerprint density at radius 2 is 1.88 bits per heavy atom. The van der Waals surface area contributed by atoms with Crippen LogP contribution >= 0.6 is 0 Å². The summed E-state index contributed by atoms with van der Waals surface area (Å²) in [7, 11) is -3.34. The molecule has 0 spiro atoms. The summed E-state index contributed by atoms with van der Waals surface area (Å²) in [6, 6.07) is 12.5. The second-order valence-electron chi connectivity index (χ2n) is 5.51. The first-order chi connectivity index (χ1) is 11.4. The summed E-state index contributed by atoms with van der Waals surface area (Å²) < 4.78 is 22.7. The van der Waals surface area contributed by atoms with E-state index in [1.165, 1.54) is 23.9 Å². The molecular formula is C17H21N3O3S. The number of urea groups is 1. The predicted octanol–water partition coefficient (Wildman–Crippen LogP) is 2.80. The first-order valence-corrected chi connectivity index (χ1v) is 9.55. The van der Waals surface area contributed by atoms with Crippen LogP contribution in [-0.2, 0) is 9.84 Å². The van der Waals surface area contributed by atoms with Crippen LogP contribution in [0, 0.1) is 0 Å². The van der Waals surface area contributed by atoms with Gasteiger partial charge in [-0.2, -0.15) is 0 Å². The normalized spacial score (nSPS) is 12.4. The third-order valence-corrected chi connectivity index (χ3v) is 4.65. The van der Waals surface area contributed by atoms with Crippen molar-refractivity contribution in [2.45, 2.75) is 24.3 Å². The zero-order chi connectivity index (χ0) is 17.6. The van der Waals surface area contributed by atoms with Gasteiger partial charge < -0.3 is 10.6 Å². The number of pyridine rings is 1. The van der Waals surface area contributed by atoms with Crippen LogP contribution < -0.4 is 10.6 Å². The van der Waals surface area contributed by atoms with Gasteiger partial charge in [0.2, 0.25) is 0 Å². The van der Waals surface area contributed by atoms with Crippen molar-refractivity contribution in [1.82, 2.24) is 10.3 Å². The second kappa shape index (κ2) is 7.92. The molecule has 2 amide bonds. The van der Waals surface area contributed by atoms with E-state index < -0.39 is 9.84 Å². The standard InChI is InChI=1S/C17H21N3O3S/c1-3-13(14-7-5-4-6-8-14)11-19-17(21)20-15-9-10-16(18-12-15)24(2,22)23/h4-10,12-13H,3,11H2,1-2H3,(H2,19,20,21). The number of anilines is 1. The summed E-state index contributed by atoms with van der Waals surface area (Å²) in [6.07, 6.45) is 3.32. The molecule has 1 unspecified atom stereocenters. The summed E-state index contributed by atoms with van der Waals surface area (Å²) in [5, 5.41) is 5.45. The van der Waals surface area contributed by atoms with Crippen molar-refractivity contribution in [3.63, 3.8) is 0 Å². The molecule has 1 aromatic heterocycles. The molecule has 6 nitrogen and oxygen atoms in total. The van der Waals surface area contributed by atoms with Crippen LogP contribution in [0.4, 0.5) is 10.5 Å². The first kappa shape index (κ1) is 17.9. The molecule has 0 bridgehead atoms. The van der Waals surface area contributed by atoms with Gasteiger partial charge in [0.05, 0.1) is 11.9 Å². The van der Waals surface area contributed by atoms with E-state index in [-0.39, 0.29) is 17.0 Å². The highest BCUT2D eigenvalue weighted by Crippen LogP contribution is 2.18. The number of amides is 2. The number of sulfone groups is 1. The van der Waals surface area contributed by atoms with E-state index in [4.69, 9.17) is 0 Å². The zero-order valence-corrected chi connectivity index (χ0v) is 14.5. The number of carbonyl (C=O) groups excluding carboxylic acids is 1. The molecule has 1 heterocycles. The Balaban J connectivity index is 1.91. The molecule has 2 rings (SSSR count). The molecule has 0 saturated heterocycles. The number of aromatic nitrogens is 1. The summed E-state index contributed by atoms with van der Waals surface area (Å²) in [5.74, 6) is 0.239. The number of rotatable bonds is 6. The van der Waals surface area contributed by atoms with Crippen LogP contribution in [0.1, 0.15) is 24.8 Å². The van der Waals surface area contributed by atoms with Gasteiger partial charge in [-0.05, 0) is 24.1 Å². The Kier molecular flexibility index (Phi) is 5.92. The topological polar surface area (TPSA) is 88.2 Å². The predicted molar refractivity (Wildman–Crippen MR) is 93.8 cm³/mol. The lowest BCUT2D eigenvalue weighted by atomic mass is 9.97. The fourth-order valence-electron chi connectivity index (χ4n) is 2.29. The molecule has 128 valence electrons. The Labute approximate surface area is 142 Å². The van der Waals surface area contributed by atoms with Crippen molar-refractivity contribution in [1.29, 1.82) is 0 Å². The number of hydrogen-bond acceptors (Lipinski definition) is 4. The van der Waals surface area contributed by atoms with Gasteiger partial charge in [0, 0.05) is 18.7 Å². The Bertz CT molecular complexity index is 774. The average Bonchev–Trinajstić information content (AvgIpc) is 2.56. The molecule has 0 fully saturated rings. The summed E-state index contributed by atoms with van der Waals surface area (Å²) in [6.45, 7) is 2.59. The van der Waals surface area contributed by atoms with Gasteiger partial charge in [-0.15, -0.1) is 0 Å². The van der Waals surface area contributed by atoms with Crippen LogP contribution in [0.2, 0.25) is 0 Å². The fourth-order valence-corrected chi connectivity index (χ4v) is 2.85. The van der Waals surface area contributed by atoms with E-state index in [9.17, 15) is 13.2 Å². The maximum atomic E-state index is 12.0. The minimum atomic E-state index is -3.34. The average molecular weight is 347 g/mol. The summed E-state index contributed by atoms with van der Waals surface area (Å²) >= 11 is 0. The van der Waals surface area contributed by atoms with Gasteiger partial charge in [0.25, 0.3) is 0 Å². The van der Waals surface area contributed by atoms with Gasteiger partial charge in [-0.1, -0.05) is 37.3 Å². The number of nitrogens with one attached hydrogen (secondary N) is 2. The van der Waals surface area contributed by atoms with E-state index in [1.807, 2.05) is 30.3 Å². The smallest absolute Gasteiger partial charge is 0.319 e. The quantitative estimate of drug-likeness (QED) is 0.841. The summed E-state index contributed by atoms with van der Waals surface area (Å²) in [5.41, 5.74) is 1.62. The van der Waals surface area contributed by atoms with Crippen molar-refractivity contribution < 1.29 is 13.2 Å². The molecule has 1 atom stereocenters. The van der Waals surface area contributed by atoms with Gasteiger partial charge in [0.15, 0.2) is 14.9 Å². The maximum Gasteiger partial charge on any atom is 0.319 e. The molecule has 2 N–H and O–H groups in total. The molecule has 0 radical (unpaired) electrons. The molecule has 0 aliphatic rings. The van der Waals surface area contributed by atoms with E-state index in [0.717, 1.165) is 12.7 Å². The fraction of sp³-hybridized carbons (Fsp3) is 0.294. The molecule has 0 aliphatic carbocycles. The van der Waals surface area contributed by atoms with Crippen molar-refractivity contribution in [2.24, 2.45) is 0 Å². The van der Waals surface area contributed by atoms with Gasteiger partial charge >= 0.3 is 6.03 Å². The highest BCUT2D eigenvalue weighted by Gasteiger charge is 2.12. The first-order valence-electron chi connectivity index (χ1n) is 7.66. The SMILES string of the molecule is CCC(CNC(=O)Nc1ccc(S(C)(=O)=O)nc1)c1ccccc1. The molecule has 2 aromatic rings. The van der Waals surface area contributed by atoms with Crippen molar-refractivity contribution in [2.75, 3.05) is 18.1 Å². The van der Waals surface area contributed by atoms with Gasteiger partial charge in [-0.3, -0.25) is 0 Å². The zero-order valence-electron chi connectivity index (χ0n) is 13.7. The van der Waals surface area contributed by atoms with Crippen LogP contribution in [0.15, 0.2) is 53.7 Å². The minimum Gasteiger partial charge on any atom is -0.337 e. The lowest BCUT2D eigenvalue weighted by Crippen LogP contribution is -2.32. The van der Waals surface area contributed by atoms with Crippen molar-refractivity contribution in [3.05, 3.63) is 54.2 Å². The molecule has 24 heavy (non-hydrogen) atoms. The lowest BCUT2D eigenvalue weighted by molar-refractivity contribution is 0.251. The number of hydrogen-bond donors (Lipinski definition) is 2. The maximum absolute atomic E-state index is 12.0. The Morgan fingerprint density at radius 1 is 1.17 bits per heavy atom. The monoisotopic (exact) mass is 347 g/mol. The molecule has 0 aliphatic heterocycles. The Morgan fingerprint density at radius 3 is 2.42 bits per heavy atom. The van der Waals surface area contributed by atoms with Crippen molar-refractivity contribution >= 4 is 21.6 Å². The van der Waals surface area contributed by atoms with Crippen LogP contribution in [0.25, 0.3) is 0 Å². The Hall–Kier alpha value is -2.41. The molecule has 1 aromatic carbocycles. The van der Waals surface area contributed by atoms with Gasteiger partial charge in [-0.25, -0.2) is 18.2 Å². The number of nitrogens with zero attached hydrogens (tertiary/aromatic N) is 1. The number of benzene rings is 1. The second-order valence-corrected chi connectivity index (χ2v) is 7.47. The van der Waals surface area contributed by atoms with Crippen molar-refractivity contribution in [3.8, 4) is 0 Å². The van der Waals surface area contributed by atoms with Gasteiger partial charge in [0.1, 0.15) is 0 Å². The highest BCUT2D eigenvalue weighted by atomic mass is 32.2. The molecule has 0 saturated carbocycles. The van der Waals surface area contributed by atoms with Crippen LogP contribution in [0.3, 0.4) is 0 Å². The summed E-state index contributed by atoms with van der Waals surface area (Å²) in [4.78, 5) is 15.8. The van der Waals surface area contributed by atoms with E-state index >= 15 is 0 Å². The number of carbonyl (C=O) groups is 1. The third-order valence-electron chi connectivity index (χ3n) is 3.65. The van der Waals surface area contributed by atoms with Crippen LogP contribution in [-0.4, -0.2) is 32.2 Å². The third kappa shape index (κ3) is 5.06. The van der Waals surface area contributed by atoms with E-state index in [1.54, 1.807) is 0 Å². The largest absolute Gasteiger partial charge is 0.337 e. The highest BCUT2D eigenvalue weighted by molar-refractivity contribution is 7.90. The molecular weight excluding hydrogens is 326 g/mol.